The summed E-state index contributed by atoms with van der Waals surface area (Å²) in [7, 11) is 0. The van der Waals surface area contributed by atoms with Gasteiger partial charge >= 0.3 is 29.6 Å². The first kappa shape index (κ1) is 17.8. The second-order valence-electron chi connectivity index (χ2n) is 4.76. The van der Waals surface area contributed by atoms with Gasteiger partial charge in [-0.05, 0) is 59.4 Å². The molecule has 0 saturated carbocycles. The minimum Gasteiger partial charge on any atom is -1.00 e. The summed E-state index contributed by atoms with van der Waals surface area (Å²) in [6.07, 6.45) is 1.85. The van der Waals surface area contributed by atoms with Crippen molar-refractivity contribution in [2.75, 3.05) is 0 Å². The zero-order chi connectivity index (χ0) is 14.5. The van der Waals surface area contributed by atoms with E-state index < -0.39 is 0 Å². The molecule has 0 amide bonds. The predicted molar refractivity (Wildman–Crippen MR) is 84.7 cm³/mol. The zero-order valence-corrected chi connectivity index (χ0v) is 14.9. The quantitative estimate of drug-likeness (QED) is 0.668. The molecule has 0 aliphatic rings. The summed E-state index contributed by atoms with van der Waals surface area (Å²) in [6, 6.07) is 14.7. The van der Waals surface area contributed by atoms with Gasteiger partial charge in [0, 0.05) is 0 Å². The number of aromatic hydroxyl groups is 2. The Labute approximate surface area is 149 Å². The molecule has 0 heterocycles. The number of hydrogen-bond acceptors (Lipinski definition) is 2. The van der Waals surface area contributed by atoms with Gasteiger partial charge in [-0.1, -0.05) is 38.1 Å². The first-order valence-electron chi connectivity index (χ1n) is 6.96. The summed E-state index contributed by atoms with van der Waals surface area (Å²) < 4.78 is 0. The summed E-state index contributed by atoms with van der Waals surface area (Å²) >= 11 is 0. The molecule has 0 unspecified atom stereocenters. The molecule has 0 radical (unpaired) electrons. The first-order chi connectivity index (χ1) is 9.65. The first-order valence-corrected chi connectivity index (χ1v) is 6.96. The average molecular weight is 292 g/mol. The largest absolute Gasteiger partial charge is 1.00 e. The number of rotatable bonds is 4. The minimum absolute atomic E-state index is 0. The van der Waals surface area contributed by atoms with Crippen molar-refractivity contribution >= 4 is 11.1 Å². The van der Waals surface area contributed by atoms with Crippen LogP contribution in [0.15, 0.2) is 48.5 Å². The van der Waals surface area contributed by atoms with Crippen LogP contribution in [0.25, 0.3) is 11.1 Å². The fraction of sp³-hybridized carbons (Fsp3) is 0.222. The molecule has 2 aromatic rings. The Hall–Kier alpha value is -1.22. The average Bonchev–Trinajstić information content (AvgIpc) is 2.47. The summed E-state index contributed by atoms with van der Waals surface area (Å²) in [5.41, 5.74) is 4.82. The van der Waals surface area contributed by atoms with Crippen molar-refractivity contribution in [3.8, 4) is 11.5 Å². The minimum atomic E-state index is 0. The van der Waals surface area contributed by atoms with E-state index in [9.17, 15) is 10.2 Å². The topological polar surface area (TPSA) is 40.5 Å². The van der Waals surface area contributed by atoms with Crippen molar-refractivity contribution in [1.82, 2.24) is 0 Å². The molecule has 2 aromatic carbocycles. The van der Waals surface area contributed by atoms with Gasteiger partial charge in [-0.25, -0.2) is 0 Å². The van der Waals surface area contributed by atoms with Gasteiger partial charge in [-0.3, -0.25) is 0 Å². The van der Waals surface area contributed by atoms with Crippen LogP contribution in [0.2, 0.25) is 0 Å². The fourth-order valence-electron chi connectivity index (χ4n) is 2.51. The van der Waals surface area contributed by atoms with Crippen molar-refractivity contribution in [1.29, 1.82) is 0 Å². The third kappa shape index (κ3) is 4.37. The molecule has 3 heteroatoms. The van der Waals surface area contributed by atoms with Gasteiger partial charge in [-0.2, -0.15) is 0 Å². The van der Waals surface area contributed by atoms with Crippen LogP contribution in [0.1, 0.15) is 39.2 Å². The van der Waals surface area contributed by atoms with E-state index in [1.807, 2.05) is 24.3 Å². The van der Waals surface area contributed by atoms with Gasteiger partial charge in [0.25, 0.3) is 0 Å². The number of allylic oxidation sites excluding steroid dienone is 2. The van der Waals surface area contributed by atoms with Crippen LogP contribution in [-0.4, -0.2) is 10.2 Å². The van der Waals surface area contributed by atoms with Crippen molar-refractivity contribution in [3.05, 3.63) is 59.7 Å². The Morgan fingerprint density at radius 3 is 1.24 bits per heavy atom. The van der Waals surface area contributed by atoms with E-state index >= 15 is 0 Å². The molecule has 0 fully saturated rings. The molecule has 2 N–H and O–H groups in total. The second-order valence-corrected chi connectivity index (χ2v) is 4.76. The predicted octanol–water partition coefficient (Wildman–Crippen LogP) is 1.95. The maximum Gasteiger partial charge on any atom is 1.00 e. The third-order valence-electron chi connectivity index (χ3n) is 3.50. The fourth-order valence-corrected chi connectivity index (χ4v) is 2.51. The Morgan fingerprint density at radius 1 is 0.714 bits per heavy atom. The van der Waals surface area contributed by atoms with Crippen LogP contribution in [-0.2, 0) is 0 Å². The SMILES string of the molecule is CC/C(=C(/CC)c1ccc(O)cc1)c1ccc(O)cc1.[H-].[Na+]. The van der Waals surface area contributed by atoms with Crippen molar-refractivity contribution < 1.29 is 41.2 Å². The molecule has 2 rings (SSSR count). The van der Waals surface area contributed by atoms with Crippen LogP contribution in [0.3, 0.4) is 0 Å². The molecule has 0 spiro atoms. The number of benzene rings is 2. The summed E-state index contributed by atoms with van der Waals surface area (Å²) in [4.78, 5) is 0. The normalized spacial score (nSPS) is 11.5. The van der Waals surface area contributed by atoms with Gasteiger partial charge in [0.1, 0.15) is 11.5 Å². The molecule has 0 saturated heterocycles. The summed E-state index contributed by atoms with van der Waals surface area (Å²) in [5, 5.41) is 18.8. The number of phenols is 2. The Kier molecular flexibility index (Phi) is 7.03. The van der Waals surface area contributed by atoms with Crippen LogP contribution >= 0.6 is 0 Å². The Bertz CT molecular complexity index is 548. The number of phenolic OH excluding ortho intramolecular Hbond substituents is 2. The van der Waals surface area contributed by atoms with Gasteiger partial charge in [0.05, 0.1) is 0 Å². The molecular weight excluding hydrogens is 271 g/mol. The standard InChI is InChI=1S/C18H20O2.Na.H/c1-3-17(13-5-9-15(19)10-6-13)18(4-2)14-7-11-16(20)12-8-14;;/h5-12,19-20H,3-4H2,1-2H3;;/q;+1;-1/b18-17+;;. The molecule has 0 aromatic heterocycles. The van der Waals surface area contributed by atoms with Crippen LogP contribution in [0.5, 0.6) is 11.5 Å². The van der Waals surface area contributed by atoms with E-state index in [4.69, 9.17) is 0 Å². The summed E-state index contributed by atoms with van der Waals surface area (Å²) in [6.45, 7) is 4.27. The third-order valence-corrected chi connectivity index (χ3v) is 3.50. The van der Waals surface area contributed by atoms with Gasteiger partial charge in [-0.15, -0.1) is 0 Å². The van der Waals surface area contributed by atoms with Gasteiger partial charge < -0.3 is 11.6 Å². The zero-order valence-electron chi connectivity index (χ0n) is 13.9. The molecule has 2 nitrogen and oxygen atoms in total. The maximum absolute atomic E-state index is 9.41. The monoisotopic (exact) mass is 292 g/mol. The van der Waals surface area contributed by atoms with Crippen LogP contribution in [0, 0.1) is 0 Å². The molecule has 0 atom stereocenters. The van der Waals surface area contributed by atoms with E-state index in [0.29, 0.717) is 0 Å². The molecular formula is C18H21NaO2. The van der Waals surface area contributed by atoms with Crippen molar-refractivity contribution in [3.63, 3.8) is 0 Å². The Morgan fingerprint density at radius 2 is 1.00 bits per heavy atom. The van der Waals surface area contributed by atoms with Gasteiger partial charge in [0.15, 0.2) is 0 Å². The Balaban J connectivity index is 0.00000220. The van der Waals surface area contributed by atoms with Crippen molar-refractivity contribution in [2.45, 2.75) is 26.7 Å². The van der Waals surface area contributed by atoms with E-state index in [2.05, 4.69) is 13.8 Å². The van der Waals surface area contributed by atoms with Crippen molar-refractivity contribution in [2.24, 2.45) is 0 Å². The molecule has 0 aliphatic heterocycles. The maximum atomic E-state index is 9.41. The van der Waals surface area contributed by atoms with E-state index in [1.54, 1.807) is 24.3 Å². The van der Waals surface area contributed by atoms with E-state index in [1.165, 1.54) is 11.1 Å². The van der Waals surface area contributed by atoms with Crippen LogP contribution in [0.4, 0.5) is 0 Å². The van der Waals surface area contributed by atoms with Gasteiger partial charge in [0.2, 0.25) is 0 Å². The van der Waals surface area contributed by atoms with E-state index in [-0.39, 0.29) is 42.5 Å². The summed E-state index contributed by atoms with van der Waals surface area (Å²) in [5.74, 6) is 0.568. The number of hydrogen-bond donors (Lipinski definition) is 2. The molecule has 0 bridgehead atoms. The van der Waals surface area contributed by atoms with Crippen LogP contribution < -0.4 is 29.6 Å². The molecule has 21 heavy (non-hydrogen) atoms. The smallest absolute Gasteiger partial charge is 1.00 e. The molecule has 0 aliphatic carbocycles. The molecule has 106 valence electrons. The van der Waals surface area contributed by atoms with E-state index in [0.717, 1.165) is 24.0 Å². The second kappa shape index (κ2) is 8.28.